The van der Waals surface area contributed by atoms with Gasteiger partial charge in [0.2, 0.25) is 0 Å². The van der Waals surface area contributed by atoms with Crippen molar-refractivity contribution < 1.29 is 0 Å². The summed E-state index contributed by atoms with van der Waals surface area (Å²) < 4.78 is 0. The summed E-state index contributed by atoms with van der Waals surface area (Å²) in [5.41, 5.74) is 1.33. The first-order valence-electron chi connectivity index (χ1n) is 4.73. The standard InChI is InChI=1S/C10H16N2/c1-7(2)9-5-4-8(3)10(6-9)11-12-10/h8-9H,1,4-6H2,2-3H3. The highest BCUT2D eigenvalue weighted by atomic mass is 15.4. The van der Waals surface area contributed by atoms with Crippen LogP contribution in [0.5, 0.6) is 0 Å². The van der Waals surface area contributed by atoms with Crippen LogP contribution in [0.2, 0.25) is 0 Å². The number of hydrogen-bond donors (Lipinski definition) is 0. The van der Waals surface area contributed by atoms with Gasteiger partial charge in [-0.15, -0.1) is 0 Å². The van der Waals surface area contributed by atoms with E-state index in [2.05, 4.69) is 30.7 Å². The fourth-order valence-electron chi connectivity index (χ4n) is 2.11. The second-order valence-corrected chi connectivity index (χ2v) is 4.30. The quantitative estimate of drug-likeness (QED) is 0.532. The highest BCUT2D eigenvalue weighted by Crippen LogP contribution is 2.49. The smallest absolute Gasteiger partial charge is 0.159 e. The summed E-state index contributed by atoms with van der Waals surface area (Å²) in [5, 5.41) is 8.38. The Morgan fingerprint density at radius 3 is 2.58 bits per heavy atom. The van der Waals surface area contributed by atoms with Crippen molar-refractivity contribution in [1.29, 1.82) is 0 Å². The second-order valence-electron chi connectivity index (χ2n) is 4.30. The van der Waals surface area contributed by atoms with Crippen molar-refractivity contribution in [2.24, 2.45) is 22.1 Å². The van der Waals surface area contributed by atoms with Crippen LogP contribution in [0.15, 0.2) is 22.4 Å². The fraction of sp³-hybridized carbons (Fsp3) is 0.800. The van der Waals surface area contributed by atoms with Crippen molar-refractivity contribution in [1.82, 2.24) is 0 Å². The van der Waals surface area contributed by atoms with Crippen molar-refractivity contribution in [2.45, 2.75) is 38.8 Å². The largest absolute Gasteiger partial charge is 0.194 e. The molecule has 1 spiro atoms. The Hall–Kier alpha value is -0.660. The Bertz CT molecular complexity index is 236. The second kappa shape index (κ2) is 2.41. The van der Waals surface area contributed by atoms with Gasteiger partial charge in [0.15, 0.2) is 5.66 Å². The minimum Gasteiger partial charge on any atom is -0.159 e. The molecule has 1 aliphatic carbocycles. The van der Waals surface area contributed by atoms with Crippen LogP contribution in [0.3, 0.4) is 0 Å². The van der Waals surface area contributed by atoms with E-state index in [-0.39, 0.29) is 5.66 Å². The lowest BCUT2D eigenvalue weighted by atomic mass is 9.74. The molecule has 2 aliphatic rings. The third-order valence-corrected chi connectivity index (χ3v) is 3.34. The lowest BCUT2D eigenvalue weighted by molar-refractivity contribution is 0.240. The molecule has 2 nitrogen and oxygen atoms in total. The molecule has 0 aromatic heterocycles. The van der Waals surface area contributed by atoms with Gasteiger partial charge in [-0.1, -0.05) is 19.1 Å². The molecule has 0 amide bonds. The van der Waals surface area contributed by atoms with E-state index in [1.54, 1.807) is 0 Å². The summed E-state index contributed by atoms with van der Waals surface area (Å²) >= 11 is 0. The summed E-state index contributed by atoms with van der Waals surface area (Å²) in [6.45, 7) is 8.39. The normalized spacial score (nSPS) is 36.8. The van der Waals surface area contributed by atoms with Gasteiger partial charge in [-0.2, -0.15) is 10.2 Å². The predicted molar refractivity (Wildman–Crippen MR) is 48.9 cm³/mol. The van der Waals surface area contributed by atoms with Crippen LogP contribution < -0.4 is 0 Å². The molecule has 0 N–H and O–H groups in total. The van der Waals surface area contributed by atoms with Gasteiger partial charge in [-0.3, -0.25) is 0 Å². The van der Waals surface area contributed by atoms with Crippen LogP contribution in [0.25, 0.3) is 0 Å². The monoisotopic (exact) mass is 164 g/mol. The zero-order chi connectivity index (χ0) is 8.77. The first-order chi connectivity index (χ1) is 5.64. The van der Waals surface area contributed by atoms with Crippen molar-refractivity contribution in [2.75, 3.05) is 0 Å². The van der Waals surface area contributed by atoms with E-state index >= 15 is 0 Å². The molecule has 1 heterocycles. The molecule has 12 heavy (non-hydrogen) atoms. The molecule has 0 saturated heterocycles. The van der Waals surface area contributed by atoms with Crippen LogP contribution in [-0.4, -0.2) is 5.66 Å². The summed E-state index contributed by atoms with van der Waals surface area (Å²) in [6.07, 6.45) is 3.65. The molecule has 2 atom stereocenters. The molecule has 66 valence electrons. The minimum atomic E-state index is 0.0296. The third-order valence-electron chi connectivity index (χ3n) is 3.34. The summed E-state index contributed by atoms with van der Waals surface area (Å²) in [7, 11) is 0. The van der Waals surface area contributed by atoms with Crippen LogP contribution >= 0.6 is 0 Å². The molecule has 1 aliphatic heterocycles. The van der Waals surface area contributed by atoms with Gasteiger partial charge in [0.1, 0.15) is 0 Å². The maximum absolute atomic E-state index is 4.19. The molecule has 0 aromatic rings. The maximum atomic E-state index is 4.19. The fourth-order valence-corrected chi connectivity index (χ4v) is 2.11. The van der Waals surface area contributed by atoms with E-state index in [4.69, 9.17) is 0 Å². The molecule has 0 radical (unpaired) electrons. The Morgan fingerprint density at radius 1 is 1.42 bits per heavy atom. The summed E-state index contributed by atoms with van der Waals surface area (Å²) in [4.78, 5) is 0. The molecule has 2 heteroatoms. The van der Waals surface area contributed by atoms with E-state index in [1.807, 2.05) is 0 Å². The Labute approximate surface area is 73.8 Å². The lowest BCUT2D eigenvalue weighted by Crippen LogP contribution is -2.31. The van der Waals surface area contributed by atoms with E-state index in [0.29, 0.717) is 11.8 Å². The lowest BCUT2D eigenvalue weighted by Gasteiger charge is -2.31. The molecular formula is C10H16N2. The van der Waals surface area contributed by atoms with Crippen LogP contribution in [0, 0.1) is 11.8 Å². The van der Waals surface area contributed by atoms with Crippen molar-refractivity contribution in [3.05, 3.63) is 12.2 Å². The molecule has 0 bridgehead atoms. The highest BCUT2D eigenvalue weighted by molar-refractivity contribution is 5.09. The predicted octanol–water partition coefficient (Wildman–Crippen LogP) is 3.16. The average molecular weight is 164 g/mol. The van der Waals surface area contributed by atoms with Gasteiger partial charge >= 0.3 is 0 Å². The van der Waals surface area contributed by atoms with Crippen LogP contribution in [-0.2, 0) is 0 Å². The third kappa shape index (κ3) is 1.10. The van der Waals surface area contributed by atoms with Crippen molar-refractivity contribution in [3.8, 4) is 0 Å². The number of rotatable bonds is 1. The van der Waals surface area contributed by atoms with Gasteiger partial charge in [0.25, 0.3) is 0 Å². The number of allylic oxidation sites excluding steroid dienone is 1. The van der Waals surface area contributed by atoms with Crippen LogP contribution in [0.4, 0.5) is 0 Å². The minimum absolute atomic E-state index is 0.0296. The van der Waals surface area contributed by atoms with E-state index in [1.165, 1.54) is 18.4 Å². The zero-order valence-electron chi connectivity index (χ0n) is 7.88. The Kier molecular flexibility index (Phi) is 1.60. The topological polar surface area (TPSA) is 24.7 Å². The number of nitrogens with zero attached hydrogens (tertiary/aromatic N) is 2. The van der Waals surface area contributed by atoms with Gasteiger partial charge in [-0.05, 0) is 25.7 Å². The van der Waals surface area contributed by atoms with Crippen molar-refractivity contribution >= 4 is 0 Å². The first kappa shape index (κ1) is 7.96. The maximum Gasteiger partial charge on any atom is 0.194 e. The summed E-state index contributed by atoms with van der Waals surface area (Å²) in [6, 6.07) is 0. The molecule has 1 fully saturated rings. The van der Waals surface area contributed by atoms with Gasteiger partial charge < -0.3 is 0 Å². The highest BCUT2D eigenvalue weighted by Gasteiger charge is 2.49. The SMILES string of the molecule is C=C(C)C1CCC(C)C2(C1)N=N2. The molecule has 2 unspecified atom stereocenters. The average Bonchev–Trinajstić information content (AvgIpc) is 2.76. The number of hydrogen-bond acceptors (Lipinski definition) is 2. The Balaban J connectivity index is 2.04. The van der Waals surface area contributed by atoms with E-state index in [0.717, 1.165) is 6.42 Å². The van der Waals surface area contributed by atoms with Crippen molar-refractivity contribution in [3.63, 3.8) is 0 Å². The first-order valence-corrected chi connectivity index (χ1v) is 4.73. The van der Waals surface area contributed by atoms with Crippen LogP contribution in [0.1, 0.15) is 33.1 Å². The summed E-state index contributed by atoms with van der Waals surface area (Å²) in [5.74, 6) is 1.32. The molecule has 2 rings (SSSR count). The van der Waals surface area contributed by atoms with Gasteiger partial charge in [0.05, 0.1) is 0 Å². The Morgan fingerprint density at radius 2 is 2.08 bits per heavy atom. The van der Waals surface area contributed by atoms with E-state index < -0.39 is 0 Å². The zero-order valence-corrected chi connectivity index (χ0v) is 7.88. The molecule has 1 saturated carbocycles. The van der Waals surface area contributed by atoms with Gasteiger partial charge in [-0.25, -0.2) is 0 Å². The molecular weight excluding hydrogens is 148 g/mol. The van der Waals surface area contributed by atoms with E-state index in [9.17, 15) is 0 Å². The van der Waals surface area contributed by atoms with Gasteiger partial charge in [0, 0.05) is 12.3 Å². The molecule has 0 aromatic carbocycles.